The molecule has 0 radical (unpaired) electrons. The van der Waals surface area contributed by atoms with Gasteiger partial charge in [-0.25, -0.2) is 4.39 Å². The van der Waals surface area contributed by atoms with Crippen LogP contribution in [0.15, 0.2) is 53.9 Å². The standard InChI is InChI=1S/C22H19FN4O3/c1-12-19-20(15(10-24)21(25)30-22(19)27-26-12)13-7-8-17(18(9-13)28-2)29-11-14-5-3-4-6-16(14)23/h3-9,20H,11,25H2,1-2H3,(H,26,27)/t20-/m0/s1. The van der Waals surface area contributed by atoms with Crippen molar-refractivity contribution in [1.29, 1.82) is 5.26 Å². The Hall–Kier alpha value is -3.99. The Morgan fingerprint density at radius 1 is 1.27 bits per heavy atom. The third-order valence-electron chi connectivity index (χ3n) is 4.99. The van der Waals surface area contributed by atoms with E-state index < -0.39 is 5.92 Å². The smallest absolute Gasteiger partial charge is 0.244 e. The molecule has 1 atom stereocenters. The van der Waals surface area contributed by atoms with Crippen molar-refractivity contribution in [3.05, 3.63) is 82.1 Å². The van der Waals surface area contributed by atoms with Crippen LogP contribution >= 0.6 is 0 Å². The van der Waals surface area contributed by atoms with E-state index in [0.29, 0.717) is 22.9 Å². The number of aromatic nitrogens is 2. The van der Waals surface area contributed by atoms with Gasteiger partial charge < -0.3 is 19.9 Å². The number of benzene rings is 2. The zero-order valence-electron chi connectivity index (χ0n) is 16.4. The highest BCUT2D eigenvalue weighted by molar-refractivity contribution is 5.57. The molecule has 0 fully saturated rings. The van der Waals surface area contributed by atoms with Crippen molar-refractivity contribution >= 4 is 0 Å². The molecule has 1 aliphatic heterocycles. The first-order valence-corrected chi connectivity index (χ1v) is 9.20. The Labute approximate surface area is 172 Å². The van der Waals surface area contributed by atoms with Crippen molar-refractivity contribution in [2.75, 3.05) is 7.11 Å². The molecule has 152 valence electrons. The number of hydrogen-bond acceptors (Lipinski definition) is 6. The number of halogens is 1. The van der Waals surface area contributed by atoms with Gasteiger partial charge in [-0.2, -0.15) is 5.26 Å². The molecule has 0 aliphatic carbocycles. The molecule has 0 amide bonds. The largest absolute Gasteiger partial charge is 0.493 e. The molecular weight excluding hydrogens is 387 g/mol. The average molecular weight is 406 g/mol. The van der Waals surface area contributed by atoms with Crippen molar-refractivity contribution in [2.24, 2.45) is 5.73 Å². The summed E-state index contributed by atoms with van der Waals surface area (Å²) >= 11 is 0. The van der Waals surface area contributed by atoms with Crippen molar-refractivity contribution in [3.63, 3.8) is 0 Å². The Balaban J connectivity index is 1.70. The molecule has 0 saturated carbocycles. The van der Waals surface area contributed by atoms with Crippen LogP contribution in [0.2, 0.25) is 0 Å². The van der Waals surface area contributed by atoms with E-state index in [2.05, 4.69) is 16.3 Å². The molecular formula is C22H19FN4O3. The maximum Gasteiger partial charge on any atom is 0.244 e. The quantitative estimate of drug-likeness (QED) is 0.670. The lowest BCUT2D eigenvalue weighted by Crippen LogP contribution is -2.21. The number of allylic oxidation sites excluding steroid dienone is 1. The zero-order valence-corrected chi connectivity index (χ0v) is 16.4. The summed E-state index contributed by atoms with van der Waals surface area (Å²) in [5.41, 5.74) is 8.96. The number of fused-ring (bicyclic) bond motifs is 1. The SMILES string of the molecule is COc1cc([C@H]2C(C#N)=C(N)Oc3n[nH]c(C)c32)ccc1OCc1ccccc1F. The first-order valence-electron chi connectivity index (χ1n) is 9.20. The van der Waals surface area contributed by atoms with Crippen LogP contribution in [0.5, 0.6) is 17.4 Å². The van der Waals surface area contributed by atoms with Gasteiger partial charge in [-0.3, -0.25) is 5.10 Å². The second-order valence-electron chi connectivity index (χ2n) is 6.78. The summed E-state index contributed by atoms with van der Waals surface area (Å²) < 4.78 is 30.6. The van der Waals surface area contributed by atoms with Crippen molar-refractivity contribution in [3.8, 4) is 23.4 Å². The van der Waals surface area contributed by atoms with Crippen molar-refractivity contribution < 1.29 is 18.6 Å². The molecule has 4 rings (SSSR count). The van der Waals surface area contributed by atoms with E-state index in [1.807, 2.05) is 13.0 Å². The Morgan fingerprint density at radius 2 is 2.07 bits per heavy atom. The topological polar surface area (TPSA) is 106 Å². The summed E-state index contributed by atoms with van der Waals surface area (Å²) in [5, 5.41) is 16.7. The van der Waals surface area contributed by atoms with Gasteiger partial charge in [0.1, 0.15) is 24.1 Å². The minimum atomic E-state index is -0.466. The van der Waals surface area contributed by atoms with E-state index in [1.54, 1.807) is 30.3 Å². The van der Waals surface area contributed by atoms with Gasteiger partial charge in [-0.1, -0.05) is 24.3 Å². The maximum atomic E-state index is 13.9. The average Bonchev–Trinajstić information content (AvgIpc) is 3.12. The van der Waals surface area contributed by atoms with Gasteiger partial charge in [0.2, 0.25) is 11.8 Å². The van der Waals surface area contributed by atoms with E-state index in [4.69, 9.17) is 19.9 Å². The van der Waals surface area contributed by atoms with E-state index in [-0.39, 0.29) is 23.9 Å². The van der Waals surface area contributed by atoms with Crippen LogP contribution < -0.4 is 19.9 Å². The molecule has 2 aromatic carbocycles. The summed E-state index contributed by atoms with van der Waals surface area (Å²) in [7, 11) is 1.52. The number of rotatable bonds is 5. The highest BCUT2D eigenvalue weighted by Crippen LogP contribution is 2.44. The fraction of sp³-hybridized carbons (Fsp3) is 0.182. The molecule has 1 aliphatic rings. The van der Waals surface area contributed by atoms with Crippen LogP contribution in [0, 0.1) is 24.1 Å². The molecule has 2 heterocycles. The highest BCUT2D eigenvalue weighted by atomic mass is 19.1. The highest BCUT2D eigenvalue weighted by Gasteiger charge is 2.34. The van der Waals surface area contributed by atoms with Crippen LogP contribution in [-0.4, -0.2) is 17.3 Å². The first-order chi connectivity index (χ1) is 14.5. The lowest BCUT2D eigenvalue weighted by atomic mass is 9.84. The minimum absolute atomic E-state index is 0.0142. The number of nitrogens with one attached hydrogen (secondary N) is 1. The van der Waals surface area contributed by atoms with E-state index in [0.717, 1.165) is 16.8 Å². The van der Waals surface area contributed by atoms with Crippen LogP contribution in [0.1, 0.15) is 28.3 Å². The van der Waals surface area contributed by atoms with Gasteiger partial charge in [0.05, 0.1) is 13.0 Å². The van der Waals surface area contributed by atoms with Crippen molar-refractivity contribution in [1.82, 2.24) is 10.2 Å². The summed E-state index contributed by atoms with van der Waals surface area (Å²) in [4.78, 5) is 0. The van der Waals surface area contributed by atoms with Gasteiger partial charge in [0, 0.05) is 16.8 Å². The number of ether oxygens (including phenoxy) is 3. The predicted molar refractivity (Wildman–Crippen MR) is 106 cm³/mol. The molecule has 30 heavy (non-hydrogen) atoms. The molecule has 3 N–H and O–H groups in total. The van der Waals surface area contributed by atoms with Gasteiger partial charge >= 0.3 is 0 Å². The molecule has 1 aromatic heterocycles. The summed E-state index contributed by atoms with van der Waals surface area (Å²) in [6.07, 6.45) is 0. The second kappa shape index (κ2) is 7.79. The molecule has 3 aromatic rings. The van der Waals surface area contributed by atoms with Crippen LogP contribution in [0.25, 0.3) is 0 Å². The number of hydrogen-bond donors (Lipinski definition) is 2. The molecule has 0 bridgehead atoms. The third-order valence-corrected chi connectivity index (χ3v) is 4.99. The minimum Gasteiger partial charge on any atom is -0.493 e. The maximum absolute atomic E-state index is 13.9. The molecule has 8 heteroatoms. The number of methoxy groups -OCH3 is 1. The number of nitrogens with two attached hydrogens (primary N) is 1. The predicted octanol–water partition coefficient (Wildman–Crippen LogP) is 3.66. The number of nitriles is 1. The number of aromatic amines is 1. The Kier molecular flexibility index (Phi) is 5.02. The number of nitrogens with zero attached hydrogens (tertiary/aromatic N) is 2. The van der Waals surface area contributed by atoms with E-state index in [1.165, 1.54) is 13.2 Å². The summed E-state index contributed by atoms with van der Waals surface area (Å²) in [5.74, 6) is 0.461. The van der Waals surface area contributed by atoms with Crippen LogP contribution in [0.3, 0.4) is 0 Å². The van der Waals surface area contributed by atoms with Gasteiger partial charge in [-0.05, 0) is 30.7 Å². The fourth-order valence-corrected chi connectivity index (χ4v) is 3.49. The Morgan fingerprint density at radius 3 is 2.80 bits per heavy atom. The lowest BCUT2D eigenvalue weighted by molar-refractivity contribution is 0.279. The Bertz CT molecular complexity index is 1180. The van der Waals surface area contributed by atoms with Crippen molar-refractivity contribution in [2.45, 2.75) is 19.4 Å². The molecule has 0 saturated heterocycles. The first kappa shape index (κ1) is 19.3. The van der Waals surface area contributed by atoms with E-state index in [9.17, 15) is 9.65 Å². The molecule has 7 nitrogen and oxygen atoms in total. The summed E-state index contributed by atoms with van der Waals surface area (Å²) in [6, 6.07) is 13.9. The third kappa shape index (κ3) is 3.31. The second-order valence-corrected chi connectivity index (χ2v) is 6.78. The molecule has 0 unspecified atom stereocenters. The lowest BCUT2D eigenvalue weighted by Gasteiger charge is -2.24. The van der Waals surface area contributed by atoms with E-state index >= 15 is 0 Å². The fourth-order valence-electron chi connectivity index (χ4n) is 3.49. The number of aryl methyl sites for hydroxylation is 1. The van der Waals surface area contributed by atoms with Crippen LogP contribution in [-0.2, 0) is 6.61 Å². The molecule has 0 spiro atoms. The zero-order chi connectivity index (χ0) is 21.3. The van der Waals surface area contributed by atoms with Gasteiger partial charge in [0.15, 0.2) is 11.5 Å². The van der Waals surface area contributed by atoms with Gasteiger partial charge in [0.25, 0.3) is 0 Å². The normalized spacial score (nSPS) is 15.2. The number of H-pyrrole nitrogens is 1. The van der Waals surface area contributed by atoms with Gasteiger partial charge in [-0.15, -0.1) is 5.10 Å². The summed E-state index contributed by atoms with van der Waals surface area (Å²) in [6.45, 7) is 1.91. The monoisotopic (exact) mass is 406 g/mol. The van der Waals surface area contributed by atoms with Crippen LogP contribution in [0.4, 0.5) is 4.39 Å².